The van der Waals surface area contributed by atoms with Crippen LogP contribution in [0.5, 0.6) is 0 Å². The van der Waals surface area contributed by atoms with Crippen molar-refractivity contribution in [2.75, 3.05) is 6.54 Å². The van der Waals surface area contributed by atoms with Gasteiger partial charge in [0.15, 0.2) is 0 Å². The molecule has 1 aliphatic rings. The highest BCUT2D eigenvalue weighted by atomic mass is 31.0. The standard InChI is InChI=1S/C15H18NP/c1-4-9-16-13(5-2)11-12-8-7-10-17-15(12)14(16)6-3/h7-8,10-11H,3-5,9H2,1-2H3. The fraction of sp³-hybridized carbons (Fsp3) is 0.333. The van der Waals surface area contributed by atoms with Crippen LogP contribution >= 0.6 is 8.19 Å². The largest absolute Gasteiger partial charge is 0.338 e. The third-order valence-corrected chi connectivity index (χ3v) is 4.03. The zero-order valence-corrected chi connectivity index (χ0v) is 11.4. The summed E-state index contributed by atoms with van der Waals surface area (Å²) in [7, 11) is 1.25. The third-order valence-electron chi connectivity index (χ3n) is 2.98. The lowest BCUT2D eigenvalue weighted by molar-refractivity contribution is 0.472. The van der Waals surface area contributed by atoms with E-state index in [1.165, 1.54) is 30.4 Å². The molecule has 17 heavy (non-hydrogen) atoms. The molecule has 0 saturated heterocycles. The summed E-state index contributed by atoms with van der Waals surface area (Å²) in [6.45, 7) is 9.33. The molecule has 1 aliphatic heterocycles. The number of hydrogen-bond donors (Lipinski definition) is 0. The Morgan fingerprint density at radius 3 is 2.88 bits per heavy atom. The summed E-state index contributed by atoms with van der Waals surface area (Å²) < 4.78 is 0. The lowest BCUT2D eigenvalue weighted by Crippen LogP contribution is -2.24. The minimum absolute atomic E-state index is 1.05. The first-order valence-electron chi connectivity index (χ1n) is 6.15. The molecule has 0 bridgehead atoms. The number of rotatable bonds is 3. The van der Waals surface area contributed by atoms with Gasteiger partial charge in [-0.15, -0.1) is 5.73 Å². The Balaban J connectivity index is 2.56. The normalized spacial score (nSPS) is 14.6. The van der Waals surface area contributed by atoms with Gasteiger partial charge in [-0.2, -0.15) is 0 Å². The molecule has 0 unspecified atom stereocenters. The van der Waals surface area contributed by atoms with Crippen molar-refractivity contribution < 1.29 is 0 Å². The maximum absolute atomic E-state index is 3.87. The van der Waals surface area contributed by atoms with Crippen molar-refractivity contribution >= 4 is 20.0 Å². The van der Waals surface area contributed by atoms with Crippen LogP contribution < -0.4 is 0 Å². The van der Waals surface area contributed by atoms with E-state index < -0.39 is 0 Å². The molecule has 0 fully saturated rings. The predicted molar refractivity (Wildman–Crippen MR) is 76.8 cm³/mol. The quantitative estimate of drug-likeness (QED) is 0.684. The summed E-state index contributed by atoms with van der Waals surface area (Å²) in [4.78, 5) is 2.37. The number of hydrogen-bond acceptors (Lipinski definition) is 1. The van der Waals surface area contributed by atoms with E-state index in [0.29, 0.717) is 0 Å². The smallest absolute Gasteiger partial charge is 0.0962 e. The Bertz CT molecular complexity index is 495. The van der Waals surface area contributed by atoms with E-state index in [0.717, 1.165) is 19.4 Å². The molecule has 0 N–H and O–H groups in total. The lowest BCUT2D eigenvalue weighted by Gasteiger charge is -2.32. The molecule has 1 aromatic rings. The zero-order chi connectivity index (χ0) is 12.3. The highest BCUT2D eigenvalue weighted by molar-refractivity contribution is 7.31. The second kappa shape index (κ2) is 5.36. The van der Waals surface area contributed by atoms with Crippen molar-refractivity contribution in [3.63, 3.8) is 0 Å². The van der Waals surface area contributed by atoms with Crippen LogP contribution in [0.3, 0.4) is 0 Å². The summed E-state index contributed by atoms with van der Waals surface area (Å²) in [5, 5.41) is 1.34. The number of fused-ring (bicyclic) bond motifs is 1. The fourth-order valence-electron chi connectivity index (χ4n) is 2.21. The van der Waals surface area contributed by atoms with Crippen molar-refractivity contribution in [2.24, 2.45) is 0 Å². The predicted octanol–water partition coefficient (Wildman–Crippen LogP) is 4.87. The van der Waals surface area contributed by atoms with E-state index in [4.69, 9.17) is 0 Å². The van der Waals surface area contributed by atoms with Crippen molar-refractivity contribution in [2.45, 2.75) is 26.7 Å². The van der Waals surface area contributed by atoms with E-state index >= 15 is 0 Å². The molecule has 1 aromatic heterocycles. The van der Waals surface area contributed by atoms with Crippen LogP contribution in [0.15, 0.2) is 35.9 Å². The first kappa shape index (κ1) is 12.2. The highest BCUT2D eigenvalue weighted by Gasteiger charge is 2.21. The number of allylic oxidation sites excluding steroid dienone is 1. The first-order chi connectivity index (χ1) is 8.31. The van der Waals surface area contributed by atoms with Crippen molar-refractivity contribution in [3.8, 4) is 0 Å². The molecule has 2 heteroatoms. The molecule has 0 atom stereocenters. The van der Waals surface area contributed by atoms with Gasteiger partial charge in [0.1, 0.15) is 0 Å². The molecule has 1 nitrogen and oxygen atoms in total. The van der Waals surface area contributed by atoms with Crippen molar-refractivity contribution in [1.29, 1.82) is 0 Å². The molecule has 0 radical (unpaired) electrons. The maximum Gasteiger partial charge on any atom is 0.0962 e. The van der Waals surface area contributed by atoms with Crippen LogP contribution in [0.4, 0.5) is 0 Å². The summed E-state index contributed by atoms with van der Waals surface area (Å²) in [6.07, 6.45) is 4.50. The Morgan fingerprint density at radius 1 is 1.41 bits per heavy atom. The highest BCUT2D eigenvalue weighted by Crippen LogP contribution is 2.37. The SMILES string of the molecule is C=C=C1c2pcccc2C=C(CC)N1CCC. The van der Waals surface area contributed by atoms with Crippen LogP contribution in [-0.2, 0) is 0 Å². The van der Waals surface area contributed by atoms with E-state index in [-0.39, 0.29) is 0 Å². The van der Waals surface area contributed by atoms with Gasteiger partial charge in [0.2, 0.25) is 0 Å². The third kappa shape index (κ3) is 2.22. The molecule has 0 spiro atoms. The Kier molecular flexibility index (Phi) is 3.84. The van der Waals surface area contributed by atoms with Crippen LogP contribution in [0, 0.1) is 0 Å². The average Bonchev–Trinajstić information content (AvgIpc) is 2.38. The fourth-order valence-corrected chi connectivity index (χ4v) is 3.14. The molecular formula is C15H18NP. The van der Waals surface area contributed by atoms with Gasteiger partial charge in [-0.05, 0) is 30.3 Å². The van der Waals surface area contributed by atoms with Gasteiger partial charge in [-0.1, -0.05) is 40.8 Å². The molecular weight excluding hydrogens is 225 g/mol. The first-order valence-corrected chi connectivity index (χ1v) is 7.11. The summed E-state index contributed by atoms with van der Waals surface area (Å²) in [5.74, 6) is 2.17. The van der Waals surface area contributed by atoms with Gasteiger partial charge in [-0.3, -0.25) is 0 Å². The van der Waals surface area contributed by atoms with Crippen LogP contribution in [0.2, 0.25) is 0 Å². The summed E-state index contributed by atoms with van der Waals surface area (Å²) >= 11 is 0. The van der Waals surface area contributed by atoms with Gasteiger partial charge in [0.05, 0.1) is 5.70 Å². The Hall–Kier alpha value is -1.29. The molecule has 88 valence electrons. The van der Waals surface area contributed by atoms with E-state index in [1.54, 1.807) is 0 Å². The van der Waals surface area contributed by atoms with E-state index in [1.807, 2.05) is 0 Å². The maximum atomic E-state index is 3.87. The average molecular weight is 243 g/mol. The monoisotopic (exact) mass is 243 g/mol. The molecule has 0 amide bonds. The minimum Gasteiger partial charge on any atom is -0.338 e. The summed E-state index contributed by atoms with van der Waals surface area (Å²) in [5.41, 5.74) is 7.00. The van der Waals surface area contributed by atoms with Crippen molar-refractivity contribution in [3.05, 3.63) is 46.8 Å². The molecule has 0 aromatic carbocycles. The Morgan fingerprint density at radius 2 is 2.24 bits per heavy atom. The summed E-state index contributed by atoms with van der Waals surface area (Å²) in [6, 6.07) is 4.31. The van der Waals surface area contributed by atoms with E-state index in [2.05, 4.69) is 55.1 Å². The van der Waals surface area contributed by atoms with E-state index in [9.17, 15) is 0 Å². The van der Waals surface area contributed by atoms with Gasteiger partial charge in [0.25, 0.3) is 0 Å². The molecule has 0 aliphatic carbocycles. The van der Waals surface area contributed by atoms with Crippen LogP contribution in [0.25, 0.3) is 11.8 Å². The minimum atomic E-state index is 1.05. The zero-order valence-electron chi connectivity index (χ0n) is 10.5. The molecule has 2 heterocycles. The lowest BCUT2D eigenvalue weighted by atomic mass is 10.0. The van der Waals surface area contributed by atoms with Gasteiger partial charge >= 0.3 is 0 Å². The van der Waals surface area contributed by atoms with Crippen molar-refractivity contribution in [1.82, 2.24) is 4.90 Å². The Labute approximate surface area is 105 Å². The number of nitrogens with zero attached hydrogens (tertiary/aromatic N) is 1. The van der Waals surface area contributed by atoms with Crippen LogP contribution in [0.1, 0.15) is 37.5 Å². The van der Waals surface area contributed by atoms with Crippen LogP contribution in [-0.4, -0.2) is 11.4 Å². The molecule has 2 rings (SSSR count). The van der Waals surface area contributed by atoms with Gasteiger partial charge in [-0.25, -0.2) is 0 Å². The molecule has 0 saturated carbocycles. The second-order valence-electron chi connectivity index (χ2n) is 4.11. The van der Waals surface area contributed by atoms with Gasteiger partial charge in [0, 0.05) is 17.5 Å². The van der Waals surface area contributed by atoms with Gasteiger partial charge < -0.3 is 4.90 Å². The topological polar surface area (TPSA) is 3.24 Å². The second-order valence-corrected chi connectivity index (χ2v) is 5.11.